The number of likely N-dealkylation sites (tertiary alicyclic amines) is 1. The second kappa shape index (κ2) is 10.00. The lowest BCUT2D eigenvalue weighted by Gasteiger charge is -2.45. The van der Waals surface area contributed by atoms with Gasteiger partial charge in [-0.25, -0.2) is 9.18 Å². The molecule has 2 aromatic carbocycles. The van der Waals surface area contributed by atoms with Crippen molar-refractivity contribution in [1.29, 1.82) is 0 Å². The molecule has 7 heteroatoms. The van der Waals surface area contributed by atoms with Crippen molar-refractivity contribution in [3.63, 3.8) is 0 Å². The molecule has 4 rings (SSSR count). The number of rotatable bonds is 7. The number of hydrogen-bond acceptors (Lipinski definition) is 4. The van der Waals surface area contributed by atoms with Crippen LogP contribution in [0.2, 0.25) is 0 Å². The van der Waals surface area contributed by atoms with Gasteiger partial charge >= 0.3 is 6.03 Å². The van der Waals surface area contributed by atoms with Gasteiger partial charge in [-0.15, -0.1) is 0 Å². The van der Waals surface area contributed by atoms with Crippen LogP contribution in [-0.2, 0) is 5.41 Å². The first kappa shape index (κ1) is 23.4. The zero-order chi connectivity index (χ0) is 23.4. The molecule has 2 fully saturated rings. The number of benzene rings is 2. The fourth-order valence-corrected chi connectivity index (χ4v) is 5.73. The van der Waals surface area contributed by atoms with Gasteiger partial charge in [0, 0.05) is 23.2 Å². The monoisotopic (exact) mass is 455 g/mol. The van der Waals surface area contributed by atoms with E-state index in [4.69, 9.17) is 9.47 Å². The van der Waals surface area contributed by atoms with Crippen LogP contribution in [0.4, 0.5) is 14.9 Å². The summed E-state index contributed by atoms with van der Waals surface area (Å²) in [5.41, 5.74) is 1.77. The Labute approximate surface area is 195 Å². The first-order chi connectivity index (χ1) is 16.0. The van der Waals surface area contributed by atoms with Crippen molar-refractivity contribution in [3.05, 3.63) is 53.8 Å². The van der Waals surface area contributed by atoms with Crippen molar-refractivity contribution < 1.29 is 18.7 Å². The first-order valence-electron chi connectivity index (χ1n) is 11.8. The molecule has 3 atom stereocenters. The van der Waals surface area contributed by atoms with Gasteiger partial charge in [0.25, 0.3) is 0 Å². The zero-order valence-corrected chi connectivity index (χ0v) is 19.7. The van der Waals surface area contributed by atoms with Crippen LogP contribution >= 0.6 is 0 Å². The Bertz CT molecular complexity index is 985. The fraction of sp³-hybridized carbons (Fsp3) is 0.500. The Balaban J connectivity index is 1.52. The Kier molecular flexibility index (Phi) is 7.08. The highest BCUT2D eigenvalue weighted by Gasteiger charge is 2.51. The number of nitrogens with one attached hydrogen (secondary N) is 2. The van der Waals surface area contributed by atoms with E-state index < -0.39 is 0 Å². The lowest BCUT2D eigenvalue weighted by Crippen LogP contribution is -2.53. The second-order valence-electron chi connectivity index (χ2n) is 9.11. The number of carbonyl (C=O) groups excluding carboxylic acids is 1. The molecule has 0 radical (unpaired) electrons. The molecule has 1 aliphatic carbocycles. The highest BCUT2D eigenvalue weighted by Crippen LogP contribution is 2.50. The molecule has 2 aromatic rings. The Morgan fingerprint density at radius 3 is 2.70 bits per heavy atom. The Hall–Kier alpha value is -2.80. The molecule has 0 bridgehead atoms. The van der Waals surface area contributed by atoms with Crippen LogP contribution in [0.25, 0.3) is 0 Å². The molecule has 2 amide bonds. The summed E-state index contributed by atoms with van der Waals surface area (Å²) in [5, 5.41) is 5.89. The maximum atomic E-state index is 13.5. The van der Waals surface area contributed by atoms with Gasteiger partial charge in [0.05, 0.1) is 14.2 Å². The number of halogens is 1. The standard InChI is InChI=1S/C26H34FN3O3/c1-4-13-30-14-12-26(18-8-9-22(32-2)23(15-18)33-3)11-10-21(17-24(26)30)29-25(31)28-20-7-5-6-19(27)16-20/h5-9,15-16,21,24H,4,10-14,17H2,1-3H3,(H2,28,29,31). The normalized spacial score (nSPS) is 24.7. The quantitative estimate of drug-likeness (QED) is 0.621. The van der Waals surface area contributed by atoms with Crippen LogP contribution in [0, 0.1) is 5.82 Å². The van der Waals surface area contributed by atoms with Gasteiger partial charge < -0.3 is 20.1 Å². The third kappa shape index (κ3) is 4.78. The molecule has 6 nitrogen and oxygen atoms in total. The van der Waals surface area contributed by atoms with E-state index in [9.17, 15) is 9.18 Å². The van der Waals surface area contributed by atoms with Gasteiger partial charge in [0.1, 0.15) is 5.82 Å². The number of ether oxygens (including phenoxy) is 2. The fourth-order valence-electron chi connectivity index (χ4n) is 5.73. The van der Waals surface area contributed by atoms with Crippen molar-refractivity contribution >= 4 is 11.7 Å². The number of hydrogen-bond donors (Lipinski definition) is 2. The van der Waals surface area contributed by atoms with E-state index in [1.54, 1.807) is 26.4 Å². The predicted octanol–water partition coefficient (Wildman–Crippen LogP) is 4.94. The molecule has 3 unspecified atom stereocenters. The third-order valence-electron chi connectivity index (χ3n) is 7.26. The topological polar surface area (TPSA) is 62.8 Å². The lowest BCUT2D eigenvalue weighted by atomic mass is 9.65. The van der Waals surface area contributed by atoms with E-state index in [-0.39, 0.29) is 23.3 Å². The first-order valence-corrected chi connectivity index (χ1v) is 11.8. The molecule has 0 spiro atoms. The van der Waals surface area contributed by atoms with E-state index in [1.807, 2.05) is 6.07 Å². The summed E-state index contributed by atoms with van der Waals surface area (Å²) in [5.74, 6) is 1.13. The summed E-state index contributed by atoms with van der Waals surface area (Å²) in [7, 11) is 3.33. The van der Waals surface area contributed by atoms with Gasteiger partial charge in [-0.3, -0.25) is 4.90 Å². The Morgan fingerprint density at radius 1 is 1.15 bits per heavy atom. The molecule has 0 aromatic heterocycles. The molecule has 1 aliphatic heterocycles. The lowest BCUT2D eigenvalue weighted by molar-refractivity contribution is 0.136. The summed E-state index contributed by atoms with van der Waals surface area (Å²) in [6.45, 7) is 4.30. The summed E-state index contributed by atoms with van der Waals surface area (Å²) in [6, 6.07) is 12.4. The zero-order valence-electron chi connectivity index (χ0n) is 19.7. The summed E-state index contributed by atoms with van der Waals surface area (Å²) < 4.78 is 24.5. The molecule has 1 saturated carbocycles. The molecule has 1 heterocycles. The minimum absolute atomic E-state index is 0.0337. The highest BCUT2D eigenvalue weighted by atomic mass is 19.1. The Morgan fingerprint density at radius 2 is 1.97 bits per heavy atom. The number of carbonyl (C=O) groups is 1. The van der Waals surface area contributed by atoms with Crippen molar-refractivity contribution in [2.45, 2.75) is 56.5 Å². The van der Waals surface area contributed by atoms with E-state index in [2.05, 4.69) is 34.6 Å². The second-order valence-corrected chi connectivity index (χ2v) is 9.11. The van der Waals surface area contributed by atoms with Gasteiger partial charge in [-0.05, 0) is 81.1 Å². The average Bonchev–Trinajstić information content (AvgIpc) is 3.17. The number of fused-ring (bicyclic) bond motifs is 1. The molecule has 33 heavy (non-hydrogen) atoms. The van der Waals surface area contributed by atoms with Crippen molar-refractivity contribution in [2.24, 2.45) is 0 Å². The van der Waals surface area contributed by atoms with E-state index >= 15 is 0 Å². The van der Waals surface area contributed by atoms with Gasteiger partial charge in [0.2, 0.25) is 0 Å². The number of urea groups is 1. The minimum Gasteiger partial charge on any atom is -0.493 e. The minimum atomic E-state index is -0.369. The number of amides is 2. The van der Waals surface area contributed by atoms with E-state index in [1.165, 1.54) is 17.7 Å². The SMILES string of the molecule is CCCN1CCC2(c3ccc(OC)c(OC)c3)CCC(NC(=O)Nc3cccc(F)c3)CC12. The number of methoxy groups -OCH3 is 2. The maximum Gasteiger partial charge on any atom is 0.319 e. The van der Waals surface area contributed by atoms with Crippen LogP contribution < -0.4 is 20.1 Å². The van der Waals surface area contributed by atoms with Crippen molar-refractivity contribution in [3.8, 4) is 11.5 Å². The van der Waals surface area contributed by atoms with Crippen LogP contribution in [-0.4, -0.2) is 50.3 Å². The highest BCUT2D eigenvalue weighted by molar-refractivity contribution is 5.89. The van der Waals surface area contributed by atoms with E-state index in [0.717, 1.165) is 56.7 Å². The molecule has 178 valence electrons. The van der Waals surface area contributed by atoms with Gasteiger partial charge in [0.15, 0.2) is 11.5 Å². The van der Waals surface area contributed by atoms with Gasteiger partial charge in [-0.1, -0.05) is 19.1 Å². The van der Waals surface area contributed by atoms with Crippen LogP contribution in [0.3, 0.4) is 0 Å². The summed E-state index contributed by atoms with van der Waals surface area (Å²) in [6.07, 6.45) is 4.94. The smallest absolute Gasteiger partial charge is 0.319 e. The van der Waals surface area contributed by atoms with Crippen molar-refractivity contribution in [2.75, 3.05) is 32.6 Å². The molecule has 1 saturated heterocycles. The van der Waals surface area contributed by atoms with Gasteiger partial charge in [-0.2, -0.15) is 0 Å². The predicted molar refractivity (Wildman–Crippen MR) is 128 cm³/mol. The summed E-state index contributed by atoms with van der Waals surface area (Å²) in [4.78, 5) is 15.2. The van der Waals surface area contributed by atoms with Crippen LogP contribution in [0.15, 0.2) is 42.5 Å². The summed E-state index contributed by atoms with van der Waals surface area (Å²) >= 11 is 0. The van der Waals surface area contributed by atoms with Crippen LogP contribution in [0.1, 0.15) is 44.6 Å². The average molecular weight is 456 g/mol. The number of nitrogens with zero attached hydrogens (tertiary/aromatic N) is 1. The molecular formula is C26H34FN3O3. The number of anilines is 1. The van der Waals surface area contributed by atoms with E-state index in [0.29, 0.717) is 11.7 Å². The third-order valence-corrected chi connectivity index (χ3v) is 7.26. The largest absolute Gasteiger partial charge is 0.493 e. The molecular weight excluding hydrogens is 421 g/mol. The van der Waals surface area contributed by atoms with Crippen LogP contribution in [0.5, 0.6) is 11.5 Å². The molecule has 2 N–H and O–H groups in total. The van der Waals surface area contributed by atoms with Crippen molar-refractivity contribution in [1.82, 2.24) is 10.2 Å². The maximum absolute atomic E-state index is 13.5. The molecule has 2 aliphatic rings.